The fraction of sp³-hybridized carbons (Fsp3) is 0.923. The lowest BCUT2D eigenvalue weighted by molar-refractivity contribution is -0.121. The summed E-state index contributed by atoms with van der Waals surface area (Å²) in [7, 11) is 0. The molecule has 1 saturated carbocycles. The smallest absolute Gasteiger partial charge is 0.221 e. The summed E-state index contributed by atoms with van der Waals surface area (Å²) in [5, 5.41) is 3.37. The largest absolute Gasteiger partial charge is 0.369 e. The Morgan fingerprint density at radius 3 is 2.38 bits per heavy atom. The zero-order valence-electron chi connectivity index (χ0n) is 10.7. The quantitative estimate of drug-likeness (QED) is 0.727. The van der Waals surface area contributed by atoms with E-state index < -0.39 is 0 Å². The topological polar surface area (TPSA) is 55.1 Å². The van der Waals surface area contributed by atoms with Crippen LogP contribution in [0, 0.1) is 17.8 Å². The molecule has 3 heteroatoms. The number of rotatable bonds is 6. The molecular weight excluding hydrogens is 200 g/mol. The van der Waals surface area contributed by atoms with Crippen molar-refractivity contribution in [3.63, 3.8) is 0 Å². The lowest BCUT2D eigenvalue weighted by atomic mass is 9.81. The SMILES string of the molecule is CCC1CCC(CNCC(C)C(N)=O)CC1. The normalized spacial score (nSPS) is 27.6. The first-order valence-corrected chi connectivity index (χ1v) is 6.63. The number of hydrogen-bond donors (Lipinski definition) is 2. The average molecular weight is 226 g/mol. The first kappa shape index (κ1) is 13.5. The summed E-state index contributed by atoms with van der Waals surface area (Å²) in [5.41, 5.74) is 5.21. The minimum atomic E-state index is -0.206. The molecule has 16 heavy (non-hydrogen) atoms. The van der Waals surface area contributed by atoms with Gasteiger partial charge in [0.05, 0.1) is 0 Å². The molecule has 1 amide bonds. The molecule has 0 aliphatic heterocycles. The van der Waals surface area contributed by atoms with Gasteiger partial charge in [0.1, 0.15) is 0 Å². The Balaban J connectivity index is 2.08. The maximum Gasteiger partial charge on any atom is 0.221 e. The predicted octanol–water partition coefficient (Wildman–Crippen LogP) is 1.91. The average Bonchev–Trinajstić information content (AvgIpc) is 2.29. The first-order chi connectivity index (χ1) is 7.63. The minimum absolute atomic E-state index is 0.0491. The van der Waals surface area contributed by atoms with Crippen molar-refractivity contribution in [2.45, 2.75) is 46.0 Å². The third kappa shape index (κ3) is 4.52. The third-order valence-electron chi connectivity index (χ3n) is 3.91. The van der Waals surface area contributed by atoms with Crippen molar-refractivity contribution in [2.75, 3.05) is 13.1 Å². The van der Waals surface area contributed by atoms with Gasteiger partial charge in [-0.25, -0.2) is 0 Å². The van der Waals surface area contributed by atoms with Gasteiger partial charge < -0.3 is 11.1 Å². The van der Waals surface area contributed by atoms with Gasteiger partial charge >= 0.3 is 0 Å². The third-order valence-corrected chi connectivity index (χ3v) is 3.91. The van der Waals surface area contributed by atoms with Crippen molar-refractivity contribution in [3.8, 4) is 0 Å². The van der Waals surface area contributed by atoms with Gasteiger partial charge in [-0.1, -0.05) is 33.1 Å². The Bertz CT molecular complexity index is 210. The standard InChI is InChI=1S/C13H26N2O/c1-3-11-4-6-12(7-5-11)9-15-8-10(2)13(14)16/h10-12,15H,3-9H2,1-2H3,(H2,14,16). The summed E-state index contributed by atoms with van der Waals surface area (Å²) < 4.78 is 0. The number of carbonyl (C=O) groups excluding carboxylic acids is 1. The van der Waals surface area contributed by atoms with E-state index in [1.807, 2.05) is 6.92 Å². The van der Waals surface area contributed by atoms with Crippen molar-refractivity contribution in [1.82, 2.24) is 5.32 Å². The molecule has 1 fully saturated rings. The fourth-order valence-electron chi connectivity index (χ4n) is 2.45. The summed E-state index contributed by atoms with van der Waals surface area (Å²) in [5.74, 6) is 1.51. The molecule has 0 aromatic rings. The van der Waals surface area contributed by atoms with Crippen LogP contribution in [0.1, 0.15) is 46.0 Å². The molecule has 0 aromatic heterocycles. The second kappa shape index (κ2) is 6.89. The Morgan fingerprint density at radius 2 is 1.88 bits per heavy atom. The maximum absolute atomic E-state index is 10.8. The fourth-order valence-corrected chi connectivity index (χ4v) is 2.45. The number of hydrogen-bond acceptors (Lipinski definition) is 2. The van der Waals surface area contributed by atoms with Crippen LogP contribution >= 0.6 is 0 Å². The molecule has 1 aliphatic carbocycles. The molecule has 3 nitrogen and oxygen atoms in total. The van der Waals surface area contributed by atoms with Crippen LogP contribution in [0.3, 0.4) is 0 Å². The number of carbonyl (C=O) groups is 1. The highest BCUT2D eigenvalue weighted by atomic mass is 16.1. The zero-order valence-corrected chi connectivity index (χ0v) is 10.7. The van der Waals surface area contributed by atoms with Crippen LogP contribution in [-0.2, 0) is 4.79 Å². The van der Waals surface area contributed by atoms with Gasteiger partial charge in [-0.15, -0.1) is 0 Å². The molecule has 0 saturated heterocycles. The van der Waals surface area contributed by atoms with Crippen LogP contribution in [0.2, 0.25) is 0 Å². The van der Waals surface area contributed by atoms with Gasteiger partial charge in [0.15, 0.2) is 0 Å². The lowest BCUT2D eigenvalue weighted by Crippen LogP contribution is -2.34. The minimum Gasteiger partial charge on any atom is -0.369 e. The van der Waals surface area contributed by atoms with E-state index in [0.29, 0.717) is 0 Å². The van der Waals surface area contributed by atoms with E-state index in [-0.39, 0.29) is 11.8 Å². The summed E-state index contributed by atoms with van der Waals surface area (Å²) >= 11 is 0. The second-order valence-corrected chi connectivity index (χ2v) is 5.26. The lowest BCUT2D eigenvalue weighted by Gasteiger charge is -2.28. The number of amides is 1. The van der Waals surface area contributed by atoms with E-state index in [2.05, 4.69) is 12.2 Å². The molecule has 0 bridgehead atoms. The van der Waals surface area contributed by atoms with E-state index in [1.165, 1.54) is 32.1 Å². The van der Waals surface area contributed by atoms with Crippen LogP contribution < -0.4 is 11.1 Å². The molecule has 94 valence electrons. The Morgan fingerprint density at radius 1 is 1.31 bits per heavy atom. The van der Waals surface area contributed by atoms with Crippen molar-refractivity contribution in [3.05, 3.63) is 0 Å². The van der Waals surface area contributed by atoms with E-state index in [9.17, 15) is 4.79 Å². The molecular formula is C13H26N2O. The maximum atomic E-state index is 10.8. The summed E-state index contributed by atoms with van der Waals surface area (Å²) in [6.07, 6.45) is 6.79. The van der Waals surface area contributed by atoms with E-state index in [0.717, 1.165) is 24.9 Å². The van der Waals surface area contributed by atoms with Gasteiger partial charge in [-0.05, 0) is 31.2 Å². The number of primary amides is 1. The molecule has 0 radical (unpaired) electrons. The van der Waals surface area contributed by atoms with Gasteiger partial charge in [0.25, 0.3) is 0 Å². The first-order valence-electron chi connectivity index (χ1n) is 6.63. The molecule has 0 heterocycles. The molecule has 1 atom stereocenters. The molecule has 1 aliphatic rings. The highest BCUT2D eigenvalue weighted by molar-refractivity contribution is 5.76. The van der Waals surface area contributed by atoms with Crippen molar-refractivity contribution < 1.29 is 4.79 Å². The summed E-state index contributed by atoms with van der Waals surface area (Å²) in [4.78, 5) is 10.8. The molecule has 0 aromatic carbocycles. The van der Waals surface area contributed by atoms with Crippen LogP contribution in [0.25, 0.3) is 0 Å². The Hall–Kier alpha value is -0.570. The van der Waals surface area contributed by atoms with Gasteiger partial charge in [0.2, 0.25) is 5.91 Å². The van der Waals surface area contributed by atoms with Gasteiger partial charge in [-0.2, -0.15) is 0 Å². The zero-order chi connectivity index (χ0) is 12.0. The van der Waals surface area contributed by atoms with E-state index in [1.54, 1.807) is 0 Å². The molecule has 1 rings (SSSR count). The van der Waals surface area contributed by atoms with Crippen molar-refractivity contribution in [1.29, 1.82) is 0 Å². The van der Waals surface area contributed by atoms with Gasteiger partial charge in [-0.3, -0.25) is 4.79 Å². The van der Waals surface area contributed by atoms with Crippen molar-refractivity contribution >= 4 is 5.91 Å². The van der Waals surface area contributed by atoms with Gasteiger partial charge in [0, 0.05) is 12.5 Å². The van der Waals surface area contributed by atoms with E-state index in [4.69, 9.17) is 5.73 Å². The number of nitrogens with two attached hydrogens (primary N) is 1. The Kier molecular flexibility index (Phi) is 5.81. The second-order valence-electron chi connectivity index (χ2n) is 5.26. The highest BCUT2D eigenvalue weighted by Crippen LogP contribution is 2.29. The summed E-state index contributed by atoms with van der Waals surface area (Å²) in [6, 6.07) is 0. The van der Waals surface area contributed by atoms with Crippen LogP contribution in [0.4, 0.5) is 0 Å². The molecule has 3 N–H and O–H groups in total. The molecule has 0 spiro atoms. The highest BCUT2D eigenvalue weighted by Gasteiger charge is 2.19. The van der Waals surface area contributed by atoms with E-state index >= 15 is 0 Å². The van der Waals surface area contributed by atoms with Crippen molar-refractivity contribution in [2.24, 2.45) is 23.5 Å². The molecule has 1 unspecified atom stereocenters. The Labute approximate surface area is 99.2 Å². The van der Waals surface area contributed by atoms with Crippen LogP contribution in [0.5, 0.6) is 0 Å². The van der Waals surface area contributed by atoms with Crippen LogP contribution in [0.15, 0.2) is 0 Å². The number of nitrogens with one attached hydrogen (secondary N) is 1. The monoisotopic (exact) mass is 226 g/mol. The summed E-state index contributed by atoms with van der Waals surface area (Å²) in [6.45, 7) is 5.94. The van der Waals surface area contributed by atoms with Crippen LogP contribution in [-0.4, -0.2) is 19.0 Å². The predicted molar refractivity (Wildman–Crippen MR) is 67.0 cm³/mol.